The normalized spacial score (nSPS) is 10.4. The summed E-state index contributed by atoms with van der Waals surface area (Å²) in [5, 5.41) is 8.95. The number of aliphatic hydroxyl groups excluding tert-OH is 1. The van der Waals surface area contributed by atoms with E-state index in [1.54, 1.807) is 0 Å². The Labute approximate surface area is 70.1 Å². The van der Waals surface area contributed by atoms with E-state index in [4.69, 9.17) is 5.11 Å². The molecule has 0 heterocycles. The molecule has 0 radical (unpaired) electrons. The molecular formula is C10H20O. The third-order valence-corrected chi connectivity index (χ3v) is 1.92. The molecule has 0 spiro atoms. The minimum absolute atomic E-state index is 0.231. The van der Waals surface area contributed by atoms with E-state index in [0.29, 0.717) is 0 Å². The smallest absolute Gasteiger partial charge is 0.0644 e. The van der Waals surface area contributed by atoms with Gasteiger partial charge in [0.1, 0.15) is 0 Å². The van der Waals surface area contributed by atoms with Crippen LogP contribution in [0.3, 0.4) is 0 Å². The quantitative estimate of drug-likeness (QED) is 0.620. The van der Waals surface area contributed by atoms with E-state index in [2.05, 4.69) is 27.7 Å². The van der Waals surface area contributed by atoms with Crippen LogP contribution in [-0.4, -0.2) is 11.7 Å². The minimum Gasteiger partial charge on any atom is -0.392 e. The van der Waals surface area contributed by atoms with Crippen LogP contribution < -0.4 is 0 Å². The van der Waals surface area contributed by atoms with E-state index in [-0.39, 0.29) is 6.61 Å². The molecule has 0 saturated heterocycles. The van der Waals surface area contributed by atoms with Crippen LogP contribution in [0.4, 0.5) is 0 Å². The molecule has 0 aliphatic rings. The van der Waals surface area contributed by atoms with E-state index in [0.717, 1.165) is 12.3 Å². The Balaban J connectivity index is 3.81. The molecule has 0 fully saturated rings. The molecule has 0 amide bonds. The van der Waals surface area contributed by atoms with Gasteiger partial charge in [0, 0.05) is 0 Å². The maximum atomic E-state index is 8.95. The molecule has 0 aromatic heterocycles. The molecule has 0 saturated carbocycles. The summed E-state index contributed by atoms with van der Waals surface area (Å²) in [6.07, 6.45) is 2.23. The van der Waals surface area contributed by atoms with Gasteiger partial charge >= 0.3 is 0 Å². The highest BCUT2D eigenvalue weighted by atomic mass is 16.3. The Morgan fingerprint density at radius 1 is 1.27 bits per heavy atom. The first-order chi connectivity index (χ1) is 5.07. The minimum atomic E-state index is 0.231. The maximum Gasteiger partial charge on any atom is 0.0644 e. The van der Waals surface area contributed by atoms with Crippen molar-refractivity contribution in [3.63, 3.8) is 0 Å². The first-order valence-electron chi connectivity index (χ1n) is 4.34. The van der Waals surface area contributed by atoms with Crippen LogP contribution in [0.25, 0.3) is 0 Å². The highest BCUT2D eigenvalue weighted by Gasteiger charge is 1.99. The van der Waals surface area contributed by atoms with Crippen LogP contribution in [0.1, 0.15) is 40.5 Å². The number of rotatable bonds is 4. The van der Waals surface area contributed by atoms with Crippen molar-refractivity contribution in [2.75, 3.05) is 6.61 Å². The molecule has 0 bridgehead atoms. The van der Waals surface area contributed by atoms with Crippen molar-refractivity contribution in [3.8, 4) is 0 Å². The Morgan fingerprint density at radius 3 is 2.09 bits per heavy atom. The molecule has 0 atom stereocenters. The predicted molar refractivity (Wildman–Crippen MR) is 49.5 cm³/mol. The summed E-state index contributed by atoms with van der Waals surface area (Å²) in [6.45, 7) is 8.77. The van der Waals surface area contributed by atoms with E-state index in [1.165, 1.54) is 17.6 Å². The fraction of sp³-hybridized carbons (Fsp3) is 0.800. The second kappa shape index (κ2) is 5.36. The zero-order chi connectivity index (χ0) is 8.85. The van der Waals surface area contributed by atoms with Gasteiger partial charge in [0.2, 0.25) is 0 Å². The van der Waals surface area contributed by atoms with Crippen molar-refractivity contribution in [2.45, 2.75) is 40.5 Å². The predicted octanol–water partition coefficient (Wildman–Crippen LogP) is 2.75. The standard InChI is InChI=1S/C10H20O/c1-8(2)5-6-10(7-11)9(3)4/h8,11H,5-7H2,1-4H3. The maximum absolute atomic E-state index is 8.95. The summed E-state index contributed by atoms with van der Waals surface area (Å²) in [5.74, 6) is 0.732. The summed E-state index contributed by atoms with van der Waals surface area (Å²) < 4.78 is 0. The lowest BCUT2D eigenvalue weighted by Gasteiger charge is -2.08. The zero-order valence-electron chi connectivity index (χ0n) is 8.15. The Bertz CT molecular complexity index is 130. The average molecular weight is 156 g/mol. The van der Waals surface area contributed by atoms with E-state index < -0.39 is 0 Å². The van der Waals surface area contributed by atoms with Gasteiger partial charge < -0.3 is 5.11 Å². The van der Waals surface area contributed by atoms with Gasteiger partial charge in [-0.2, -0.15) is 0 Å². The van der Waals surface area contributed by atoms with E-state index in [9.17, 15) is 0 Å². The molecule has 0 aliphatic carbocycles. The van der Waals surface area contributed by atoms with Gasteiger partial charge in [0.05, 0.1) is 6.61 Å². The summed E-state index contributed by atoms with van der Waals surface area (Å²) in [4.78, 5) is 0. The van der Waals surface area contributed by atoms with Crippen molar-refractivity contribution in [1.29, 1.82) is 0 Å². The zero-order valence-corrected chi connectivity index (χ0v) is 8.15. The molecule has 0 aromatic carbocycles. The van der Waals surface area contributed by atoms with Gasteiger partial charge in [-0.15, -0.1) is 0 Å². The summed E-state index contributed by atoms with van der Waals surface area (Å²) >= 11 is 0. The lowest BCUT2D eigenvalue weighted by Crippen LogP contribution is -1.96. The van der Waals surface area contributed by atoms with Gasteiger partial charge in [-0.1, -0.05) is 19.4 Å². The molecule has 1 N–H and O–H groups in total. The van der Waals surface area contributed by atoms with Gasteiger partial charge in [0.25, 0.3) is 0 Å². The van der Waals surface area contributed by atoms with Gasteiger partial charge in [-0.05, 0) is 38.2 Å². The van der Waals surface area contributed by atoms with Crippen LogP contribution in [0.5, 0.6) is 0 Å². The molecule has 1 nitrogen and oxygen atoms in total. The highest BCUT2D eigenvalue weighted by Crippen LogP contribution is 2.13. The monoisotopic (exact) mass is 156 g/mol. The van der Waals surface area contributed by atoms with Crippen LogP contribution in [0, 0.1) is 5.92 Å². The number of allylic oxidation sites excluding steroid dienone is 1. The SMILES string of the molecule is CC(C)=C(CO)CCC(C)C. The first-order valence-corrected chi connectivity index (χ1v) is 4.34. The molecular weight excluding hydrogens is 136 g/mol. The van der Waals surface area contributed by atoms with Gasteiger partial charge in [-0.3, -0.25) is 0 Å². The van der Waals surface area contributed by atoms with Crippen molar-refractivity contribution in [3.05, 3.63) is 11.1 Å². The second-order valence-corrected chi connectivity index (χ2v) is 3.69. The van der Waals surface area contributed by atoms with Crippen LogP contribution in [-0.2, 0) is 0 Å². The summed E-state index contributed by atoms with van der Waals surface area (Å²) in [5.41, 5.74) is 2.48. The third kappa shape index (κ3) is 5.02. The largest absolute Gasteiger partial charge is 0.392 e. The molecule has 0 aromatic rings. The van der Waals surface area contributed by atoms with E-state index >= 15 is 0 Å². The molecule has 0 rings (SSSR count). The lowest BCUT2D eigenvalue weighted by molar-refractivity contribution is 0.322. The second-order valence-electron chi connectivity index (χ2n) is 3.69. The Hall–Kier alpha value is -0.300. The summed E-state index contributed by atoms with van der Waals surface area (Å²) in [7, 11) is 0. The van der Waals surface area contributed by atoms with Crippen LogP contribution in [0.2, 0.25) is 0 Å². The molecule has 0 unspecified atom stereocenters. The van der Waals surface area contributed by atoms with Crippen LogP contribution in [0.15, 0.2) is 11.1 Å². The Morgan fingerprint density at radius 2 is 1.82 bits per heavy atom. The fourth-order valence-electron chi connectivity index (χ4n) is 0.950. The number of hydrogen-bond acceptors (Lipinski definition) is 1. The van der Waals surface area contributed by atoms with E-state index in [1.807, 2.05) is 0 Å². The summed E-state index contributed by atoms with van der Waals surface area (Å²) in [6, 6.07) is 0. The molecule has 0 aliphatic heterocycles. The Kier molecular flexibility index (Phi) is 5.22. The van der Waals surface area contributed by atoms with Crippen molar-refractivity contribution in [2.24, 2.45) is 5.92 Å². The average Bonchev–Trinajstić information content (AvgIpc) is 1.87. The lowest BCUT2D eigenvalue weighted by atomic mass is 10.0. The fourth-order valence-corrected chi connectivity index (χ4v) is 0.950. The number of aliphatic hydroxyl groups is 1. The molecule has 11 heavy (non-hydrogen) atoms. The molecule has 66 valence electrons. The third-order valence-electron chi connectivity index (χ3n) is 1.92. The highest BCUT2D eigenvalue weighted by molar-refractivity contribution is 5.09. The number of hydrogen-bond donors (Lipinski definition) is 1. The van der Waals surface area contributed by atoms with Crippen LogP contribution >= 0.6 is 0 Å². The van der Waals surface area contributed by atoms with Gasteiger partial charge in [0.15, 0.2) is 0 Å². The van der Waals surface area contributed by atoms with Crippen molar-refractivity contribution < 1.29 is 5.11 Å². The van der Waals surface area contributed by atoms with Crippen molar-refractivity contribution in [1.82, 2.24) is 0 Å². The first kappa shape index (κ1) is 10.7. The van der Waals surface area contributed by atoms with Gasteiger partial charge in [-0.25, -0.2) is 0 Å². The van der Waals surface area contributed by atoms with Crippen molar-refractivity contribution >= 4 is 0 Å². The molecule has 1 heteroatoms. The topological polar surface area (TPSA) is 20.2 Å².